The van der Waals surface area contributed by atoms with Crippen molar-refractivity contribution in [3.05, 3.63) is 36.5 Å². The number of aliphatic hydroxyl groups is 2. The third-order valence-electron chi connectivity index (χ3n) is 10.7. The van der Waals surface area contributed by atoms with Gasteiger partial charge in [0.15, 0.2) is 0 Å². The van der Waals surface area contributed by atoms with Crippen molar-refractivity contribution in [2.75, 3.05) is 19.8 Å². The molecule has 342 valence electrons. The Balaban J connectivity index is 4.25. The van der Waals surface area contributed by atoms with E-state index in [4.69, 9.17) is 14.8 Å². The van der Waals surface area contributed by atoms with Gasteiger partial charge in [-0.1, -0.05) is 198 Å². The average molecular weight is 841 g/mol. The number of unbranched alkanes of at least 4 members (excludes halogenated alkanes) is 27. The van der Waals surface area contributed by atoms with E-state index in [0.717, 1.165) is 44.9 Å². The normalized spacial score (nSPS) is 14.8. The zero-order valence-electron chi connectivity index (χ0n) is 37.7. The zero-order valence-corrected chi connectivity index (χ0v) is 38.5. The number of allylic oxidation sites excluding steroid dienone is 5. The zero-order chi connectivity index (χ0) is 42.6. The number of phosphoric ester groups is 1. The molecular weight excluding hydrogens is 748 g/mol. The highest BCUT2D eigenvalue weighted by Gasteiger charge is 2.27. The molecule has 0 aliphatic carbocycles. The molecule has 0 aromatic heterocycles. The fraction of sp³-hybridized carbons (Fsp3) is 0.854. The highest BCUT2D eigenvalue weighted by molar-refractivity contribution is 7.47. The van der Waals surface area contributed by atoms with Gasteiger partial charge in [-0.15, -0.1) is 0 Å². The maximum absolute atomic E-state index is 12.8. The van der Waals surface area contributed by atoms with Crippen LogP contribution in [-0.4, -0.2) is 59.0 Å². The standard InChI is InChI=1S/C48H93N2O7P/c1-3-5-7-9-11-13-15-17-19-20-21-22-23-24-26-27-29-31-33-35-37-39-45(51)43-48(53)50-46(44-57-58(54,55)56-42-41-49)47(52)40-38-36-34-32-30-28-25-18-16-14-12-10-8-6-4-2/h24,26,30,32,38,40,45-47,51-52H,3-23,25,27-29,31,33-37,39,41-44,49H2,1-2H3,(H,50,53)(H,54,55)/b26-24-,32-30+,40-38+. The minimum atomic E-state index is -4.41. The Morgan fingerprint density at radius 1 is 0.586 bits per heavy atom. The molecule has 4 unspecified atom stereocenters. The van der Waals surface area contributed by atoms with Crippen LogP contribution in [0.4, 0.5) is 0 Å². The third-order valence-corrected chi connectivity index (χ3v) is 11.7. The predicted octanol–water partition coefficient (Wildman–Crippen LogP) is 12.9. The van der Waals surface area contributed by atoms with Crippen LogP contribution in [0.25, 0.3) is 0 Å². The van der Waals surface area contributed by atoms with Gasteiger partial charge in [-0.3, -0.25) is 13.8 Å². The number of hydrogen-bond acceptors (Lipinski definition) is 7. The molecule has 10 heteroatoms. The predicted molar refractivity (Wildman–Crippen MR) is 246 cm³/mol. The number of phosphoric acid groups is 1. The van der Waals surface area contributed by atoms with E-state index in [1.807, 2.05) is 6.08 Å². The molecule has 0 aromatic rings. The van der Waals surface area contributed by atoms with E-state index in [2.05, 4.69) is 43.5 Å². The molecule has 0 aliphatic rings. The second-order valence-corrected chi connectivity index (χ2v) is 18.0. The number of amides is 1. The summed E-state index contributed by atoms with van der Waals surface area (Å²) in [4.78, 5) is 22.8. The smallest absolute Gasteiger partial charge is 0.393 e. The molecule has 9 nitrogen and oxygen atoms in total. The van der Waals surface area contributed by atoms with Gasteiger partial charge in [-0.05, 0) is 57.8 Å². The Labute approximate surface area is 357 Å². The molecule has 58 heavy (non-hydrogen) atoms. The summed E-state index contributed by atoms with van der Waals surface area (Å²) in [5.74, 6) is -0.459. The van der Waals surface area contributed by atoms with E-state index in [0.29, 0.717) is 12.8 Å². The van der Waals surface area contributed by atoms with Gasteiger partial charge >= 0.3 is 7.82 Å². The van der Waals surface area contributed by atoms with Crippen LogP contribution in [0.1, 0.15) is 226 Å². The molecule has 0 aliphatic heterocycles. The lowest BCUT2D eigenvalue weighted by Crippen LogP contribution is -2.46. The molecule has 6 N–H and O–H groups in total. The monoisotopic (exact) mass is 841 g/mol. The summed E-state index contributed by atoms with van der Waals surface area (Å²) >= 11 is 0. The molecule has 1 amide bonds. The van der Waals surface area contributed by atoms with Crippen LogP contribution in [0, 0.1) is 0 Å². The Bertz CT molecular complexity index is 1020. The van der Waals surface area contributed by atoms with Crippen molar-refractivity contribution in [2.24, 2.45) is 5.73 Å². The first-order chi connectivity index (χ1) is 28.3. The number of carbonyl (C=O) groups excluding carboxylic acids is 1. The van der Waals surface area contributed by atoms with Crippen molar-refractivity contribution in [1.29, 1.82) is 0 Å². The van der Waals surface area contributed by atoms with E-state index in [9.17, 15) is 24.5 Å². The third kappa shape index (κ3) is 41.4. The topological polar surface area (TPSA) is 151 Å². The maximum Gasteiger partial charge on any atom is 0.472 e. The summed E-state index contributed by atoms with van der Waals surface area (Å²) in [6.07, 6.45) is 49.5. The van der Waals surface area contributed by atoms with Crippen LogP contribution >= 0.6 is 7.82 Å². The number of rotatable bonds is 45. The summed E-state index contributed by atoms with van der Waals surface area (Å²) in [6.45, 7) is 3.96. The van der Waals surface area contributed by atoms with Gasteiger partial charge < -0.3 is 26.2 Å². The summed E-state index contributed by atoms with van der Waals surface area (Å²) in [5.41, 5.74) is 5.37. The molecule has 0 saturated carbocycles. The second-order valence-electron chi connectivity index (χ2n) is 16.5. The van der Waals surface area contributed by atoms with E-state index < -0.39 is 38.6 Å². The lowest BCUT2D eigenvalue weighted by molar-refractivity contribution is -0.124. The van der Waals surface area contributed by atoms with Crippen LogP contribution in [0.5, 0.6) is 0 Å². The SMILES string of the molecule is CCCCCCCCCCC/C=C/CC/C=C/C(O)C(COP(=O)(O)OCCN)NC(=O)CC(O)CCCCCCC/C=C\CCCCCCCCCCCCCC. The molecule has 4 atom stereocenters. The molecule has 0 saturated heterocycles. The first-order valence-corrected chi connectivity index (χ1v) is 25.7. The number of carbonyl (C=O) groups is 1. The first kappa shape index (κ1) is 56.7. The number of nitrogens with one attached hydrogen (secondary N) is 1. The first-order valence-electron chi connectivity index (χ1n) is 24.2. The molecule has 0 heterocycles. The molecule has 0 rings (SSSR count). The van der Waals surface area contributed by atoms with Gasteiger partial charge in [0.05, 0.1) is 37.9 Å². The lowest BCUT2D eigenvalue weighted by atomic mass is 10.0. The van der Waals surface area contributed by atoms with Gasteiger partial charge in [0, 0.05) is 6.54 Å². The highest BCUT2D eigenvalue weighted by atomic mass is 31.2. The van der Waals surface area contributed by atoms with Crippen LogP contribution in [0.2, 0.25) is 0 Å². The number of aliphatic hydroxyl groups excluding tert-OH is 2. The van der Waals surface area contributed by atoms with Crippen molar-refractivity contribution in [1.82, 2.24) is 5.32 Å². The van der Waals surface area contributed by atoms with Gasteiger partial charge in [-0.25, -0.2) is 4.57 Å². The van der Waals surface area contributed by atoms with Crippen molar-refractivity contribution < 1.29 is 33.5 Å². The minimum Gasteiger partial charge on any atom is -0.393 e. The molecule has 0 bridgehead atoms. The quantitative estimate of drug-likeness (QED) is 0.0231. The molecular formula is C48H93N2O7P. The van der Waals surface area contributed by atoms with Gasteiger partial charge in [0.25, 0.3) is 0 Å². The Morgan fingerprint density at radius 2 is 0.983 bits per heavy atom. The second kappa shape index (κ2) is 43.8. The summed E-state index contributed by atoms with van der Waals surface area (Å²) in [6, 6.07) is -1.00. The molecule has 0 aromatic carbocycles. The summed E-state index contributed by atoms with van der Waals surface area (Å²) in [7, 11) is -4.41. The Hall–Kier alpha value is -1.32. The number of nitrogens with two attached hydrogens (primary N) is 1. The van der Waals surface area contributed by atoms with E-state index in [1.54, 1.807) is 6.08 Å². The average Bonchev–Trinajstić information content (AvgIpc) is 3.20. The van der Waals surface area contributed by atoms with Gasteiger partial charge in [-0.2, -0.15) is 0 Å². The van der Waals surface area contributed by atoms with Crippen molar-refractivity contribution in [3.63, 3.8) is 0 Å². The maximum atomic E-state index is 12.8. The van der Waals surface area contributed by atoms with E-state index in [-0.39, 0.29) is 19.6 Å². The fourth-order valence-electron chi connectivity index (χ4n) is 7.07. The van der Waals surface area contributed by atoms with Gasteiger partial charge in [0.2, 0.25) is 5.91 Å². The molecule has 0 spiro atoms. The van der Waals surface area contributed by atoms with Crippen LogP contribution in [-0.2, 0) is 18.4 Å². The summed E-state index contributed by atoms with van der Waals surface area (Å²) < 4.78 is 22.1. The van der Waals surface area contributed by atoms with Crippen molar-refractivity contribution in [2.45, 2.75) is 244 Å². The summed E-state index contributed by atoms with van der Waals surface area (Å²) in [5, 5.41) is 24.1. The van der Waals surface area contributed by atoms with Crippen LogP contribution in [0.3, 0.4) is 0 Å². The van der Waals surface area contributed by atoms with Crippen LogP contribution < -0.4 is 11.1 Å². The van der Waals surface area contributed by atoms with Gasteiger partial charge in [0.1, 0.15) is 0 Å². The highest BCUT2D eigenvalue weighted by Crippen LogP contribution is 2.43. The lowest BCUT2D eigenvalue weighted by Gasteiger charge is -2.24. The van der Waals surface area contributed by atoms with Crippen molar-refractivity contribution in [3.8, 4) is 0 Å². The van der Waals surface area contributed by atoms with E-state index >= 15 is 0 Å². The Kier molecular flexibility index (Phi) is 42.8. The fourth-order valence-corrected chi connectivity index (χ4v) is 7.83. The largest absolute Gasteiger partial charge is 0.472 e. The number of hydrogen-bond donors (Lipinski definition) is 5. The van der Waals surface area contributed by atoms with Crippen molar-refractivity contribution >= 4 is 13.7 Å². The minimum absolute atomic E-state index is 0.0435. The Morgan fingerprint density at radius 3 is 1.43 bits per heavy atom. The molecule has 0 radical (unpaired) electrons. The van der Waals surface area contributed by atoms with E-state index in [1.165, 1.54) is 148 Å². The molecule has 0 fully saturated rings. The van der Waals surface area contributed by atoms with Crippen LogP contribution in [0.15, 0.2) is 36.5 Å².